The molecule has 0 aliphatic heterocycles. The third-order valence-corrected chi connectivity index (χ3v) is 5.67. The van der Waals surface area contributed by atoms with Crippen LogP contribution in [0.2, 0.25) is 0 Å². The van der Waals surface area contributed by atoms with Gasteiger partial charge in [0.1, 0.15) is 0 Å². The highest BCUT2D eigenvalue weighted by atomic mass is 15.1. The van der Waals surface area contributed by atoms with E-state index in [0.29, 0.717) is 5.92 Å². The fourth-order valence-corrected chi connectivity index (χ4v) is 3.81. The highest BCUT2D eigenvalue weighted by Gasteiger charge is 2.17. The van der Waals surface area contributed by atoms with E-state index in [-0.39, 0.29) is 0 Å². The Bertz CT molecular complexity index is 875. The van der Waals surface area contributed by atoms with Crippen molar-refractivity contribution in [2.24, 2.45) is 5.73 Å². The third-order valence-electron chi connectivity index (χ3n) is 5.67. The summed E-state index contributed by atoms with van der Waals surface area (Å²) in [7, 11) is 4.16. The molecule has 3 rings (SSSR count). The number of H-pyrrole nitrogens is 1. The maximum absolute atomic E-state index is 5.74. The second kappa shape index (κ2) is 8.62. The molecule has 0 fully saturated rings. The SMILES string of the molecule is CCC(C)c1cccc2c(CCCCN)c(-c3ccc(N(C)C)cc3)[nH]c12. The maximum Gasteiger partial charge on any atom is 0.0497 e. The Morgan fingerprint density at radius 2 is 1.78 bits per heavy atom. The molecule has 3 aromatic rings. The topological polar surface area (TPSA) is 45.0 Å². The molecule has 0 spiro atoms. The van der Waals surface area contributed by atoms with Crippen molar-refractivity contribution in [3.05, 3.63) is 53.6 Å². The number of aryl methyl sites for hydroxylation is 1. The number of hydrogen-bond acceptors (Lipinski definition) is 2. The summed E-state index contributed by atoms with van der Waals surface area (Å²) in [4.78, 5) is 5.93. The molecule has 0 saturated heterocycles. The van der Waals surface area contributed by atoms with Crippen LogP contribution in [-0.2, 0) is 6.42 Å². The Kier molecular flexibility index (Phi) is 6.22. The average molecular weight is 364 g/mol. The standard InChI is InChI=1S/C24H33N3/c1-5-17(2)20-10-8-11-22-21(9-6-7-16-25)23(26-24(20)22)18-12-14-19(15-13-18)27(3)4/h8,10-15,17,26H,5-7,9,16,25H2,1-4H3. The van der Waals surface area contributed by atoms with Gasteiger partial charge in [-0.1, -0.05) is 44.2 Å². The molecule has 1 unspecified atom stereocenters. The maximum atomic E-state index is 5.74. The van der Waals surface area contributed by atoms with Gasteiger partial charge in [0, 0.05) is 36.4 Å². The number of nitrogens with zero attached hydrogens (tertiary/aromatic N) is 1. The number of fused-ring (bicyclic) bond motifs is 1. The summed E-state index contributed by atoms with van der Waals surface area (Å²) in [5.74, 6) is 0.549. The first-order valence-electron chi connectivity index (χ1n) is 10.2. The van der Waals surface area contributed by atoms with Gasteiger partial charge in [0.15, 0.2) is 0 Å². The van der Waals surface area contributed by atoms with Crippen LogP contribution in [0.15, 0.2) is 42.5 Å². The first-order chi connectivity index (χ1) is 13.1. The predicted octanol–water partition coefficient (Wildman–Crippen LogP) is 5.70. The molecule has 1 heterocycles. The van der Waals surface area contributed by atoms with Gasteiger partial charge in [-0.2, -0.15) is 0 Å². The van der Waals surface area contributed by atoms with Gasteiger partial charge in [-0.05, 0) is 67.0 Å². The van der Waals surface area contributed by atoms with Crippen molar-refractivity contribution in [3.8, 4) is 11.3 Å². The molecule has 3 nitrogen and oxygen atoms in total. The Hall–Kier alpha value is -2.26. The first-order valence-corrected chi connectivity index (χ1v) is 10.2. The molecule has 0 radical (unpaired) electrons. The van der Waals surface area contributed by atoms with Crippen molar-refractivity contribution < 1.29 is 0 Å². The molecular formula is C24H33N3. The lowest BCUT2D eigenvalue weighted by Gasteiger charge is -2.13. The largest absolute Gasteiger partial charge is 0.378 e. The molecule has 0 bridgehead atoms. The average Bonchev–Trinajstić information content (AvgIpc) is 3.06. The summed E-state index contributed by atoms with van der Waals surface area (Å²) in [6.07, 6.45) is 4.40. The number of aromatic nitrogens is 1. The molecule has 1 aromatic heterocycles. The second-order valence-electron chi connectivity index (χ2n) is 7.74. The molecule has 0 aliphatic carbocycles. The van der Waals surface area contributed by atoms with E-state index in [2.05, 4.69) is 80.3 Å². The van der Waals surface area contributed by atoms with Crippen molar-refractivity contribution in [3.63, 3.8) is 0 Å². The van der Waals surface area contributed by atoms with Crippen LogP contribution >= 0.6 is 0 Å². The van der Waals surface area contributed by atoms with E-state index in [1.165, 1.54) is 39.0 Å². The zero-order valence-electron chi connectivity index (χ0n) is 17.2. The van der Waals surface area contributed by atoms with Gasteiger partial charge in [-0.25, -0.2) is 0 Å². The number of hydrogen-bond donors (Lipinski definition) is 2. The lowest BCUT2D eigenvalue weighted by Crippen LogP contribution is -2.07. The normalized spacial score (nSPS) is 12.5. The van der Waals surface area contributed by atoms with Gasteiger partial charge in [0.05, 0.1) is 0 Å². The fourth-order valence-electron chi connectivity index (χ4n) is 3.81. The number of benzene rings is 2. The summed E-state index contributed by atoms with van der Waals surface area (Å²) < 4.78 is 0. The highest BCUT2D eigenvalue weighted by molar-refractivity contribution is 5.93. The minimum atomic E-state index is 0.549. The smallest absolute Gasteiger partial charge is 0.0497 e. The number of nitrogens with two attached hydrogens (primary N) is 1. The lowest BCUT2D eigenvalue weighted by molar-refractivity contribution is 0.738. The molecule has 144 valence electrons. The molecule has 0 aliphatic rings. The van der Waals surface area contributed by atoms with Crippen LogP contribution < -0.4 is 10.6 Å². The van der Waals surface area contributed by atoms with E-state index < -0.39 is 0 Å². The quantitative estimate of drug-likeness (QED) is 0.505. The molecule has 3 heteroatoms. The van der Waals surface area contributed by atoms with E-state index in [0.717, 1.165) is 32.2 Å². The summed E-state index contributed by atoms with van der Waals surface area (Å²) in [5.41, 5.74) is 13.7. The van der Waals surface area contributed by atoms with Gasteiger partial charge in [0.2, 0.25) is 0 Å². The zero-order chi connectivity index (χ0) is 19.4. The van der Waals surface area contributed by atoms with Gasteiger partial charge >= 0.3 is 0 Å². The lowest BCUT2D eigenvalue weighted by atomic mass is 9.94. The van der Waals surface area contributed by atoms with E-state index in [4.69, 9.17) is 5.73 Å². The first kappa shape index (κ1) is 19.5. The van der Waals surface area contributed by atoms with Crippen molar-refractivity contribution in [2.45, 2.75) is 45.4 Å². The minimum Gasteiger partial charge on any atom is -0.378 e. The monoisotopic (exact) mass is 363 g/mol. The van der Waals surface area contributed by atoms with E-state index in [9.17, 15) is 0 Å². The molecule has 3 N–H and O–H groups in total. The number of anilines is 1. The van der Waals surface area contributed by atoms with Crippen LogP contribution in [0, 0.1) is 0 Å². The van der Waals surface area contributed by atoms with Crippen molar-refractivity contribution in [1.29, 1.82) is 0 Å². The molecular weight excluding hydrogens is 330 g/mol. The van der Waals surface area contributed by atoms with Crippen LogP contribution in [0.4, 0.5) is 5.69 Å². The van der Waals surface area contributed by atoms with Gasteiger partial charge in [-0.15, -0.1) is 0 Å². The van der Waals surface area contributed by atoms with E-state index >= 15 is 0 Å². The zero-order valence-corrected chi connectivity index (χ0v) is 17.2. The summed E-state index contributed by atoms with van der Waals surface area (Å²) in [6.45, 7) is 5.33. The fraction of sp³-hybridized carbons (Fsp3) is 0.417. The Morgan fingerprint density at radius 3 is 2.41 bits per heavy atom. The molecule has 1 atom stereocenters. The molecule has 0 saturated carbocycles. The number of nitrogens with one attached hydrogen (secondary N) is 1. The number of unbranched alkanes of at least 4 members (excludes halogenated alkanes) is 1. The van der Waals surface area contributed by atoms with Crippen molar-refractivity contribution >= 4 is 16.6 Å². The molecule has 27 heavy (non-hydrogen) atoms. The van der Waals surface area contributed by atoms with Crippen LogP contribution in [0.5, 0.6) is 0 Å². The predicted molar refractivity (Wildman–Crippen MR) is 119 cm³/mol. The second-order valence-corrected chi connectivity index (χ2v) is 7.74. The number of rotatable bonds is 8. The van der Waals surface area contributed by atoms with Gasteiger partial charge in [0.25, 0.3) is 0 Å². The molecule has 0 amide bonds. The third kappa shape index (κ3) is 4.03. The molecule has 2 aromatic carbocycles. The Morgan fingerprint density at radius 1 is 1.04 bits per heavy atom. The van der Waals surface area contributed by atoms with E-state index in [1.807, 2.05) is 0 Å². The van der Waals surface area contributed by atoms with Crippen LogP contribution in [-0.4, -0.2) is 25.6 Å². The number of para-hydroxylation sites is 1. The Labute approximate surface area is 163 Å². The van der Waals surface area contributed by atoms with Gasteiger partial charge < -0.3 is 15.6 Å². The minimum absolute atomic E-state index is 0.549. The summed E-state index contributed by atoms with van der Waals surface area (Å²) >= 11 is 0. The highest BCUT2D eigenvalue weighted by Crippen LogP contribution is 2.36. The van der Waals surface area contributed by atoms with E-state index in [1.54, 1.807) is 0 Å². The van der Waals surface area contributed by atoms with Crippen molar-refractivity contribution in [2.75, 3.05) is 25.5 Å². The van der Waals surface area contributed by atoms with Crippen LogP contribution in [0.3, 0.4) is 0 Å². The summed E-state index contributed by atoms with van der Waals surface area (Å²) in [5, 5.41) is 1.37. The van der Waals surface area contributed by atoms with Crippen molar-refractivity contribution in [1.82, 2.24) is 4.98 Å². The van der Waals surface area contributed by atoms with Crippen LogP contribution in [0.1, 0.15) is 50.2 Å². The van der Waals surface area contributed by atoms with Crippen LogP contribution in [0.25, 0.3) is 22.2 Å². The number of aromatic amines is 1. The van der Waals surface area contributed by atoms with Gasteiger partial charge in [-0.3, -0.25) is 0 Å². The summed E-state index contributed by atoms with van der Waals surface area (Å²) in [6, 6.07) is 15.6. The Balaban J connectivity index is 2.12.